The van der Waals surface area contributed by atoms with Gasteiger partial charge in [0.05, 0.1) is 5.69 Å². The molecule has 0 aliphatic heterocycles. The molecule has 19 heavy (non-hydrogen) atoms. The molecular formula is C12H11NO4S2. The predicted molar refractivity (Wildman–Crippen MR) is 74.8 cm³/mol. The predicted octanol–water partition coefficient (Wildman–Crippen LogP) is 2.24. The van der Waals surface area contributed by atoms with E-state index in [0.717, 1.165) is 10.4 Å². The zero-order chi connectivity index (χ0) is 13.9. The van der Waals surface area contributed by atoms with Gasteiger partial charge in [0.25, 0.3) is 0 Å². The average Bonchev–Trinajstić information content (AvgIpc) is 2.80. The van der Waals surface area contributed by atoms with Gasteiger partial charge in [-0.15, -0.1) is 11.3 Å². The Kier molecular flexibility index (Phi) is 3.87. The highest BCUT2D eigenvalue weighted by Crippen LogP contribution is 2.31. The summed E-state index contributed by atoms with van der Waals surface area (Å²) in [4.78, 5) is 11.4. The second kappa shape index (κ2) is 5.41. The molecule has 2 aromatic rings. The number of benzene rings is 1. The molecule has 2 rings (SSSR count). The zero-order valence-corrected chi connectivity index (χ0v) is 11.4. The van der Waals surface area contributed by atoms with Crippen molar-refractivity contribution >= 4 is 33.0 Å². The quantitative estimate of drug-likeness (QED) is 0.886. The van der Waals surface area contributed by atoms with Gasteiger partial charge in [-0.05, 0) is 17.5 Å². The second-order valence-corrected chi connectivity index (χ2v) is 6.45. The average molecular weight is 297 g/mol. The molecule has 0 fully saturated rings. The van der Waals surface area contributed by atoms with Crippen LogP contribution in [0.25, 0.3) is 10.4 Å². The molecule has 1 aromatic carbocycles. The second-order valence-electron chi connectivity index (χ2n) is 3.78. The van der Waals surface area contributed by atoms with Gasteiger partial charge in [-0.2, -0.15) is 0 Å². The fraction of sp³-hybridized carbons (Fsp3) is 0.0833. The van der Waals surface area contributed by atoms with Crippen LogP contribution in [0.1, 0.15) is 0 Å². The molecule has 0 spiro atoms. The third-order valence-corrected chi connectivity index (χ3v) is 4.35. The summed E-state index contributed by atoms with van der Waals surface area (Å²) in [5.74, 6) is -2.34. The van der Waals surface area contributed by atoms with Crippen molar-refractivity contribution < 1.29 is 18.3 Å². The number of hydrogen-bond donors (Lipinski definition) is 2. The molecule has 0 atom stereocenters. The molecule has 0 bridgehead atoms. The van der Waals surface area contributed by atoms with Crippen LogP contribution >= 0.6 is 11.3 Å². The van der Waals surface area contributed by atoms with Crippen LogP contribution in [0, 0.1) is 0 Å². The highest BCUT2D eigenvalue weighted by molar-refractivity contribution is 7.93. The van der Waals surface area contributed by atoms with Crippen molar-refractivity contribution in [1.82, 2.24) is 0 Å². The molecule has 0 radical (unpaired) electrons. The first-order valence-corrected chi connectivity index (χ1v) is 7.86. The fourth-order valence-electron chi connectivity index (χ4n) is 1.58. The summed E-state index contributed by atoms with van der Waals surface area (Å²) in [5.41, 5.74) is 1.11. The lowest BCUT2D eigenvalue weighted by atomic mass is 10.1. The van der Waals surface area contributed by atoms with Crippen LogP contribution in [-0.2, 0) is 14.8 Å². The van der Waals surface area contributed by atoms with E-state index in [2.05, 4.69) is 4.72 Å². The minimum absolute atomic E-state index is 0.381. The summed E-state index contributed by atoms with van der Waals surface area (Å²) in [5, 5.41) is 10.5. The third-order valence-electron chi connectivity index (χ3n) is 2.29. The van der Waals surface area contributed by atoms with Gasteiger partial charge in [0, 0.05) is 10.4 Å². The van der Waals surface area contributed by atoms with E-state index in [-0.39, 0.29) is 0 Å². The Balaban J connectivity index is 2.34. The van der Waals surface area contributed by atoms with Crippen molar-refractivity contribution in [2.24, 2.45) is 0 Å². The molecule has 0 aliphatic carbocycles. The van der Waals surface area contributed by atoms with Crippen molar-refractivity contribution in [3.05, 3.63) is 41.8 Å². The van der Waals surface area contributed by atoms with Gasteiger partial charge in [-0.3, -0.25) is 9.52 Å². The summed E-state index contributed by atoms with van der Waals surface area (Å²) in [7, 11) is -3.89. The van der Waals surface area contributed by atoms with Crippen molar-refractivity contribution in [2.45, 2.75) is 0 Å². The summed E-state index contributed by atoms with van der Waals surface area (Å²) in [6.07, 6.45) is 0. The van der Waals surface area contributed by atoms with E-state index in [0.29, 0.717) is 5.69 Å². The Morgan fingerprint density at radius 2 is 1.95 bits per heavy atom. The van der Waals surface area contributed by atoms with E-state index in [1.807, 2.05) is 17.5 Å². The topological polar surface area (TPSA) is 83.5 Å². The summed E-state index contributed by atoms with van der Waals surface area (Å²) in [6, 6.07) is 10.6. The SMILES string of the molecule is O=C(O)CS(=O)(=O)Nc1ccccc1-c1cccs1. The van der Waals surface area contributed by atoms with E-state index >= 15 is 0 Å². The monoisotopic (exact) mass is 297 g/mol. The van der Waals surface area contributed by atoms with Crippen LogP contribution < -0.4 is 4.72 Å². The van der Waals surface area contributed by atoms with Gasteiger partial charge in [0.1, 0.15) is 0 Å². The third kappa shape index (κ3) is 3.55. The van der Waals surface area contributed by atoms with Gasteiger partial charge in [-0.25, -0.2) is 8.42 Å². The van der Waals surface area contributed by atoms with Gasteiger partial charge < -0.3 is 5.11 Å². The molecule has 1 heterocycles. The van der Waals surface area contributed by atoms with Crippen LogP contribution in [-0.4, -0.2) is 25.2 Å². The molecule has 100 valence electrons. The number of carboxylic acid groups (broad SMARTS) is 1. The molecule has 0 aliphatic rings. The van der Waals surface area contributed by atoms with Crippen molar-refractivity contribution in [3.8, 4) is 10.4 Å². The minimum Gasteiger partial charge on any atom is -0.480 e. The zero-order valence-electron chi connectivity index (χ0n) is 9.74. The van der Waals surface area contributed by atoms with Gasteiger partial charge in [0.2, 0.25) is 10.0 Å². The molecule has 2 N–H and O–H groups in total. The number of aliphatic carboxylic acids is 1. The van der Waals surface area contributed by atoms with Gasteiger partial charge >= 0.3 is 5.97 Å². The molecule has 0 saturated heterocycles. The number of thiophene rings is 1. The standard InChI is InChI=1S/C12H11NO4S2/c14-12(15)8-19(16,17)13-10-5-2-1-4-9(10)11-6-3-7-18-11/h1-7,13H,8H2,(H,14,15). The number of rotatable bonds is 5. The first-order chi connectivity index (χ1) is 8.98. The Hall–Kier alpha value is -1.86. The maximum Gasteiger partial charge on any atom is 0.320 e. The summed E-state index contributed by atoms with van der Waals surface area (Å²) >= 11 is 1.48. The number of nitrogens with one attached hydrogen (secondary N) is 1. The Morgan fingerprint density at radius 1 is 1.21 bits per heavy atom. The smallest absolute Gasteiger partial charge is 0.320 e. The molecule has 0 amide bonds. The largest absolute Gasteiger partial charge is 0.480 e. The van der Waals surface area contributed by atoms with E-state index in [9.17, 15) is 13.2 Å². The van der Waals surface area contributed by atoms with Crippen LogP contribution in [0.15, 0.2) is 41.8 Å². The van der Waals surface area contributed by atoms with E-state index in [1.165, 1.54) is 11.3 Å². The van der Waals surface area contributed by atoms with Crippen molar-refractivity contribution in [2.75, 3.05) is 10.5 Å². The minimum atomic E-state index is -3.89. The van der Waals surface area contributed by atoms with Gasteiger partial charge in [-0.1, -0.05) is 24.3 Å². The van der Waals surface area contributed by atoms with E-state index in [4.69, 9.17) is 5.11 Å². The lowest BCUT2D eigenvalue weighted by Gasteiger charge is -2.10. The van der Waals surface area contributed by atoms with Crippen LogP contribution in [0.4, 0.5) is 5.69 Å². The van der Waals surface area contributed by atoms with Crippen LogP contribution in [0.3, 0.4) is 0 Å². The lowest BCUT2D eigenvalue weighted by molar-refractivity contribution is -0.134. The van der Waals surface area contributed by atoms with Crippen molar-refractivity contribution in [3.63, 3.8) is 0 Å². The highest BCUT2D eigenvalue weighted by atomic mass is 32.2. The highest BCUT2D eigenvalue weighted by Gasteiger charge is 2.17. The maximum atomic E-state index is 11.6. The fourth-order valence-corrected chi connectivity index (χ4v) is 3.26. The van der Waals surface area contributed by atoms with E-state index in [1.54, 1.807) is 24.3 Å². The Bertz CT molecular complexity index is 678. The Morgan fingerprint density at radius 3 is 2.58 bits per heavy atom. The molecule has 7 heteroatoms. The number of anilines is 1. The van der Waals surface area contributed by atoms with Gasteiger partial charge in [0.15, 0.2) is 5.75 Å². The van der Waals surface area contributed by atoms with Crippen molar-refractivity contribution in [1.29, 1.82) is 0 Å². The summed E-state index contributed by atoms with van der Waals surface area (Å²) in [6.45, 7) is 0. The lowest BCUT2D eigenvalue weighted by Crippen LogP contribution is -2.22. The van der Waals surface area contributed by atoms with E-state index < -0.39 is 21.7 Å². The first kappa shape index (κ1) is 13.6. The van der Waals surface area contributed by atoms with Crippen LogP contribution in [0.5, 0.6) is 0 Å². The number of carboxylic acids is 1. The Labute approximate surface area is 114 Å². The number of hydrogen-bond acceptors (Lipinski definition) is 4. The normalized spacial score (nSPS) is 11.2. The summed E-state index contributed by atoms with van der Waals surface area (Å²) < 4.78 is 25.6. The maximum absolute atomic E-state index is 11.6. The molecule has 0 unspecified atom stereocenters. The first-order valence-electron chi connectivity index (χ1n) is 5.33. The number of carbonyl (C=O) groups is 1. The molecular weight excluding hydrogens is 286 g/mol. The molecule has 1 aromatic heterocycles. The molecule has 0 saturated carbocycles. The van der Waals surface area contributed by atoms with Crippen LogP contribution in [0.2, 0.25) is 0 Å². The number of para-hydroxylation sites is 1. The number of sulfonamides is 1. The molecule has 5 nitrogen and oxygen atoms in total.